The van der Waals surface area contributed by atoms with Gasteiger partial charge < -0.3 is 0 Å². The summed E-state index contributed by atoms with van der Waals surface area (Å²) in [7, 11) is 0. The smallest absolute Gasteiger partial charge is 0.0681 e. The van der Waals surface area contributed by atoms with Crippen molar-refractivity contribution < 1.29 is 0 Å². The van der Waals surface area contributed by atoms with Crippen LogP contribution in [0.25, 0.3) is 0 Å². The zero-order chi connectivity index (χ0) is 9.14. The molecule has 0 unspecified atom stereocenters. The molecular weight excluding hydrogens is 220 g/mol. The number of nitrogens with one attached hydrogen (secondary N) is 1. The van der Waals surface area contributed by atoms with Gasteiger partial charge in [-0.3, -0.25) is 16.0 Å². The van der Waals surface area contributed by atoms with Crippen LogP contribution in [0.4, 0.5) is 0 Å². The summed E-state index contributed by atoms with van der Waals surface area (Å²) in [5.74, 6) is 5.25. The van der Waals surface area contributed by atoms with Gasteiger partial charge >= 0.3 is 0 Å². The topological polar surface area (TPSA) is 55.9 Å². The first-order valence-electron chi connectivity index (χ1n) is 3.82. The number of aromatic nitrogens is 2. The lowest BCUT2D eigenvalue weighted by molar-refractivity contribution is 0.497. The molecule has 0 aliphatic heterocycles. The minimum Gasteiger partial charge on any atom is -0.271 e. The highest BCUT2D eigenvalue weighted by Gasteiger charge is 2.09. The molecule has 0 aromatic carbocycles. The van der Waals surface area contributed by atoms with Crippen molar-refractivity contribution in [3.8, 4) is 0 Å². The fourth-order valence-corrected chi connectivity index (χ4v) is 1.49. The third-order valence-corrected chi connectivity index (χ3v) is 2.27. The summed E-state index contributed by atoms with van der Waals surface area (Å²) >= 11 is 3.41. The van der Waals surface area contributed by atoms with Gasteiger partial charge in [0.25, 0.3) is 0 Å². The van der Waals surface area contributed by atoms with Crippen LogP contribution in [-0.4, -0.2) is 9.78 Å². The van der Waals surface area contributed by atoms with Gasteiger partial charge in [0.2, 0.25) is 0 Å². The zero-order valence-electron chi connectivity index (χ0n) is 7.21. The lowest BCUT2D eigenvalue weighted by atomic mass is 10.3. The van der Waals surface area contributed by atoms with Crippen LogP contribution in [0.1, 0.15) is 25.6 Å². The van der Waals surface area contributed by atoms with Crippen molar-refractivity contribution in [2.24, 2.45) is 5.84 Å². The number of nitrogens with zero attached hydrogens (tertiary/aromatic N) is 2. The molecule has 0 saturated carbocycles. The molecule has 12 heavy (non-hydrogen) atoms. The van der Waals surface area contributed by atoms with Crippen LogP contribution in [0.5, 0.6) is 0 Å². The van der Waals surface area contributed by atoms with Gasteiger partial charge in [-0.05, 0) is 29.8 Å². The van der Waals surface area contributed by atoms with Gasteiger partial charge in [-0.15, -0.1) is 0 Å². The molecular formula is C7H13BrN4. The molecule has 0 atom stereocenters. The van der Waals surface area contributed by atoms with E-state index in [2.05, 4.69) is 40.3 Å². The van der Waals surface area contributed by atoms with Crippen molar-refractivity contribution in [1.29, 1.82) is 0 Å². The second-order valence-electron chi connectivity index (χ2n) is 2.86. The Hall–Kier alpha value is -0.390. The molecule has 0 aliphatic carbocycles. The van der Waals surface area contributed by atoms with Crippen LogP contribution >= 0.6 is 15.9 Å². The maximum absolute atomic E-state index is 5.25. The molecule has 0 bridgehead atoms. The van der Waals surface area contributed by atoms with E-state index in [0.29, 0.717) is 12.6 Å². The molecule has 0 saturated heterocycles. The lowest BCUT2D eigenvalue weighted by Gasteiger charge is -2.10. The Kier molecular flexibility index (Phi) is 3.25. The number of rotatable bonds is 3. The summed E-state index contributed by atoms with van der Waals surface area (Å²) in [6.45, 7) is 4.79. The van der Waals surface area contributed by atoms with Crippen molar-refractivity contribution >= 4 is 15.9 Å². The number of nitrogens with two attached hydrogens (primary N) is 1. The summed E-state index contributed by atoms with van der Waals surface area (Å²) in [5, 5.41) is 4.21. The third kappa shape index (κ3) is 1.85. The highest BCUT2D eigenvalue weighted by atomic mass is 79.9. The Morgan fingerprint density at radius 2 is 2.42 bits per heavy atom. The summed E-state index contributed by atoms with van der Waals surface area (Å²) in [6.07, 6.45) is 1.78. The molecule has 1 aromatic rings. The van der Waals surface area contributed by atoms with E-state index in [-0.39, 0.29) is 0 Å². The standard InChI is InChI=1S/C7H13BrN4/c1-5(2)12-7(4-10-9)6(8)3-11-12/h3,5,10H,4,9H2,1-2H3. The first-order chi connectivity index (χ1) is 5.66. The van der Waals surface area contributed by atoms with Crippen LogP contribution in [-0.2, 0) is 6.54 Å². The Labute approximate surface area is 80.2 Å². The van der Waals surface area contributed by atoms with Crippen molar-refractivity contribution in [2.75, 3.05) is 0 Å². The average Bonchev–Trinajstić information content (AvgIpc) is 2.34. The van der Waals surface area contributed by atoms with Crippen LogP contribution in [0.15, 0.2) is 10.7 Å². The predicted molar refractivity (Wildman–Crippen MR) is 51.3 cm³/mol. The summed E-state index contributed by atoms with van der Waals surface area (Å²) in [6, 6.07) is 0.361. The van der Waals surface area contributed by atoms with Crippen LogP contribution in [0.3, 0.4) is 0 Å². The molecule has 0 fully saturated rings. The fraction of sp³-hybridized carbons (Fsp3) is 0.571. The number of hydrogen-bond donors (Lipinski definition) is 2. The number of halogens is 1. The van der Waals surface area contributed by atoms with E-state index in [1.807, 2.05) is 4.68 Å². The van der Waals surface area contributed by atoms with Gasteiger partial charge in [0, 0.05) is 6.04 Å². The molecule has 0 amide bonds. The van der Waals surface area contributed by atoms with E-state index < -0.39 is 0 Å². The first-order valence-corrected chi connectivity index (χ1v) is 4.61. The molecule has 4 nitrogen and oxygen atoms in total. The van der Waals surface area contributed by atoms with Crippen molar-refractivity contribution in [2.45, 2.75) is 26.4 Å². The molecule has 0 aliphatic rings. The summed E-state index contributed by atoms with van der Waals surface area (Å²) < 4.78 is 2.93. The molecule has 5 heteroatoms. The molecule has 1 aromatic heterocycles. The second-order valence-corrected chi connectivity index (χ2v) is 3.71. The van der Waals surface area contributed by atoms with Crippen LogP contribution < -0.4 is 11.3 Å². The van der Waals surface area contributed by atoms with Crippen molar-refractivity contribution in [1.82, 2.24) is 15.2 Å². The predicted octanol–water partition coefficient (Wildman–Crippen LogP) is 1.19. The van der Waals surface area contributed by atoms with E-state index in [0.717, 1.165) is 10.2 Å². The van der Waals surface area contributed by atoms with E-state index in [4.69, 9.17) is 5.84 Å². The first kappa shape index (κ1) is 9.70. The molecule has 1 rings (SSSR count). The zero-order valence-corrected chi connectivity index (χ0v) is 8.80. The van der Waals surface area contributed by atoms with Gasteiger partial charge in [-0.1, -0.05) is 0 Å². The van der Waals surface area contributed by atoms with Gasteiger partial charge in [-0.2, -0.15) is 5.10 Å². The fourth-order valence-electron chi connectivity index (χ4n) is 1.07. The average molecular weight is 233 g/mol. The van der Waals surface area contributed by atoms with Crippen molar-refractivity contribution in [3.63, 3.8) is 0 Å². The summed E-state index contributed by atoms with van der Waals surface area (Å²) in [4.78, 5) is 0. The Bertz CT molecular complexity index is 256. The maximum Gasteiger partial charge on any atom is 0.0681 e. The third-order valence-electron chi connectivity index (χ3n) is 1.61. The van der Waals surface area contributed by atoms with Gasteiger partial charge in [0.15, 0.2) is 0 Å². The normalized spacial score (nSPS) is 11.1. The van der Waals surface area contributed by atoms with Crippen LogP contribution in [0, 0.1) is 0 Å². The Balaban J connectivity index is 2.95. The molecule has 0 radical (unpaired) electrons. The highest BCUT2D eigenvalue weighted by Crippen LogP contribution is 2.18. The molecule has 1 heterocycles. The van der Waals surface area contributed by atoms with Crippen LogP contribution in [0.2, 0.25) is 0 Å². The number of hydrazine groups is 1. The Morgan fingerprint density at radius 3 is 2.92 bits per heavy atom. The van der Waals surface area contributed by atoms with Gasteiger partial charge in [0.1, 0.15) is 0 Å². The maximum atomic E-state index is 5.25. The minimum absolute atomic E-state index is 0.361. The van der Waals surface area contributed by atoms with E-state index in [1.165, 1.54) is 0 Å². The number of hydrogen-bond acceptors (Lipinski definition) is 3. The molecule has 0 spiro atoms. The monoisotopic (exact) mass is 232 g/mol. The lowest BCUT2D eigenvalue weighted by Crippen LogP contribution is -2.23. The quantitative estimate of drug-likeness (QED) is 0.609. The highest BCUT2D eigenvalue weighted by molar-refractivity contribution is 9.10. The van der Waals surface area contributed by atoms with Gasteiger partial charge in [-0.25, -0.2) is 0 Å². The molecule has 68 valence electrons. The van der Waals surface area contributed by atoms with Crippen molar-refractivity contribution in [3.05, 3.63) is 16.4 Å². The largest absolute Gasteiger partial charge is 0.271 e. The SMILES string of the molecule is CC(C)n1ncc(Br)c1CNN. The van der Waals surface area contributed by atoms with E-state index in [1.54, 1.807) is 6.20 Å². The molecule has 3 N–H and O–H groups in total. The second kappa shape index (κ2) is 4.02. The van der Waals surface area contributed by atoms with Gasteiger partial charge in [0.05, 0.1) is 22.9 Å². The minimum atomic E-state index is 0.361. The Morgan fingerprint density at radius 1 is 1.75 bits per heavy atom. The van der Waals surface area contributed by atoms with E-state index >= 15 is 0 Å². The van der Waals surface area contributed by atoms with E-state index in [9.17, 15) is 0 Å². The summed E-state index contributed by atoms with van der Waals surface area (Å²) in [5.41, 5.74) is 3.69.